The fourth-order valence-corrected chi connectivity index (χ4v) is 2.97. The highest BCUT2D eigenvalue weighted by molar-refractivity contribution is 5.62. The number of rotatable bonds is 2. The lowest BCUT2D eigenvalue weighted by atomic mass is 10.00. The van der Waals surface area contributed by atoms with Crippen molar-refractivity contribution < 1.29 is 4.52 Å². The Labute approximate surface area is 119 Å². The molecule has 1 aliphatic carbocycles. The quantitative estimate of drug-likeness (QED) is 0.660. The minimum absolute atomic E-state index is 0.462. The molecule has 1 fully saturated rings. The fraction of sp³-hybridized carbons (Fsp3) is 0.500. The maximum atomic E-state index is 5.78. The topological polar surface area (TPSA) is 64.9 Å². The zero-order valence-electron chi connectivity index (χ0n) is 11.9. The van der Waals surface area contributed by atoms with Gasteiger partial charge in [0, 0.05) is 17.2 Å². The molecule has 1 aromatic heterocycles. The summed E-state index contributed by atoms with van der Waals surface area (Å²) in [6.07, 6.45) is 7.57. The van der Waals surface area contributed by atoms with E-state index >= 15 is 0 Å². The highest BCUT2D eigenvalue weighted by atomic mass is 16.5. The number of benzene rings is 1. The molecular weight excluding hydrogens is 250 g/mol. The van der Waals surface area contributed by atoms with Gasteiger partial charge in [0.05, 0.1) is 0 Å². The van der Waals surface area contributed by atoms with E-state index in [0.717, 1.165) is 22.6 Å². The van der Waals surface area contributed by atoms with Crippen LogP contribution in [0.2, 0.25) is 0 Å². The SMILES string of the molecule is Cc1cc(N)ccc1-c1nc(C2CCCCCC2)no1. The summed E-state index contributed by atoms with van der Waals surface area (Å²) in [4.78, 5) is 4.62. The molecule has 1 aliphatic rings. The number of nitrogen functional groups attached to an aromatic ring is 1. The van der Waals surface area contributed by atoms with E-state index < -0.39 is 0 Å². The maximum absolute atomic E-state index is 5.78. The molecule has 1 heterocycles. The number of aryl methyl sites for hydroxylation is 1. The van der Waals surface area contributed by atoms with Crippen LogP contribution < -0.4 is 5.73 Å². The summed E-state index contributed by atoms with van der Waals surface area (Å²) in [7, 11) is 0. The Morgan fingerprint density at radius 3 is 2.60 bits per heavy atom. The summed E-state index contributed by atoms with van der Waals surface area (Å²) < 4.78 is 5.46. The van der Waals surface area contributed by atoms with Gasteiger partial charge in [0.2, 0.25) is 0 Å². The minimum atomic E-state index is 0.462. The van der Waals surface area contributed by atoms with Crippen molar-refractivity contribution in [2.75, 3.05) is 5.73 Å². The van der Waals surface area contributed by atoms with E-state index in [-0.39, 0.29) is 0 Å². The van der Waals surface area contributed by atoms with E-state index in [0.29, 0.717) is 11.8 Å². The number of nitrogens with zero attached hydrogens (tertiary/aromatic N) is 2. The molecule has 3 rings (SSSR count). The molecular formula is C16H21N3O. The largest absolute Gasteiger partial charge is 0.399 e. The minimum Gasteiger partial charge on any atom is -0.399 e. The number of nitrogens with two attached hydrogens (primary N) is 1. The van der Waals surface area contributed by atoms with Gasteiger partial charge in [-0.05, 0) is 43.5 Å². The first kappa shape index (κ1) is 13.2. The molecule has 2 aromatic rings. The van der Waals surface area contributed by atoms with Gasteiger partial charge in [0.15, 0.2) is 5.82 Å². The molecule has 0 radical (unpaired) electrons. The van der Waals surface area contributed by atoms with E-state index in [1.807, 2.05) is 25.1 Å². The fourth-order valence-electron chi connectivity index (χ4n) is 2.97. The zero-order chi connectivity index (χ0) is 13.9. The third-order valence-corrected chi connectivity index (χ3v) is 4.14. The number of aromatic nitrogens is 2. The van der Waals surface area contributed by atoms with Crippen molar-refractivity contribution in [3.05, 3.63) is 29.6 Å². The summed E-state index contributed by atoms with van der Waals surface area (Å²) in [5.74, 6) is 1.95. The smallest absolute Gasteiger partial charge is 0.258 e. The molecule has 0 aliphatic heterocycles. The van der Waals surface area contributed by atoms with Crippen molar-refractivity contribution in [2.24, 2.45) is 0 Å². The lowest BCUT2D eigenvalue weighted by Crippen LogP contribution is -1.99. The van der Waals surface area contributed by atoms with Gasteiger partial charge in [-0.2, -0.15) is 4.98 Å². The lowest BCUT2D eigenvalue weighted by Gasteiger charge is -2.07. The van der Waals surface area contributed by atoms with Gasteiger partial charge in [-0.1, -0.05) is 30.8 Å². The van der Waals surface area contributed by atoms with E-state index in [1.54, 1.807) is 0 Å². The first-order chi connectivity index (χ1) is 9.74. The first-order valence-corrected chi connectivity index (χ1v) is 7.44. The normalized spacial score (nSPS) is 17.1. The maximum Gasteiger partial charge on any atom is 0.258 e. The highest BCUT2D eigenvalue weighted by Gasteiger charge is 2.20. The summed E-state index contributed by atoms with van der Waals surface area (Å²) in [6, 6.07) is 5.76. The number of hydrogen-bond acceptors (Lipinski definition) is 4. The van der Waals surface area contributed by atoms with Gasteiger partial charge in [0.25, 0.3) is 5.89 Å². The lowest BCUT2D eigenvalue weighted by molar-refractivity contribution is 0.409. The molecule has 0 spiro atoms. The van der Waals surface area contributed by atoms with E-state index in [9.17, 15) is 0 Å². The second-order valence-electron chi connectivity index (χ2n) is 5.72. The summed E-state index contributed by atoms with van der Waals surface area (Å²) >= 11 is 0. The molecule has 0 unspecified atom stereocenters. The Morgan fingerprint density at radius 2 is 1.90 bits per heavy atom. The monoisotopic (exact) mass is 271 g/mol. The molecule has 0 saturated heterocycles. The third-order valence-electron chi connectivity index (χ3n) is 4.14. The average Bonchev–Trinajstić information content (AvgIpc) is 2.74. The van der Waals surface area contributed by atoms with E-state index in [1.165, 1.54) is 38.5 Å². The number of hydrogen-bond donors (Lipinski definition) is 1. The Kier molecular flexibility index (Phi) is 3.72. The predicted octanol–water partition coefficient (Wildman–Crippen LogP) is 4.07. The summed E-state index contributed by atoms with van der Waals surface area (Å²) in [5.41, 5.74) is 8.59. The molecule has 20 heavy (non-hydrogen) atoms. The summed E-state index contributed by atoms with van der Waals surface area (Å²) in [5, 5.41) is 4.20. The van der Waals surface area contributed by atoms with Crippen LogP contribution in [0.15, 0.2) is 22.7 Å². The average molecular weight is 271 g/mol. The van der Waals surface area contributed by atoms with Crippen LogP contribution in [0, 0.1) is 6.92 Å². The molecule has 4 heteroatoms. The molecule has 2 N–H and O–H groups in total. The molecule has 1 saturated carbocycles. The Bertz CT molecular complexity index is 583. The van der Waals surface area contributed by atoms with Gasteiger partial charge in [-0.15, -0.1) is 0 Å². The van der Waals surface area contributed by atoms with Crippen molar-refractivity contribution >= 4 is 5.69 Å². The van der Waals surface area contributed by atoms with Crippen molar-refractivity contribution in [3.8, 4) is 11.5 Å². The van der Waals surface area contributed by atoms with Crippen molar-refractivity contribution in [3.63, 3.8) is 0 Å². The summed E-state index contributed by atoms with van der Waals surface area (Å²) in [6.45, 7) is 2.02. The third kappa shape index (κ3) is 2.69. The van der Waals surface area contributed by atoms with E-state index in [2.05, 4.69) is 10.1 Å². The van der Waals surface area contributed by atoms with Crippen molar-refractivity contribution in [1.82, 2.24) is 10.1 Å². The van der Waals surface area contributed by atoms with Crippen molar-refractivity contribution in [1.29, 1.82) is 0 Å². The molecule has 0 atom stereocenters. The van der Waals surface area contributed by atoms with Crippen LogP contribution in [0.5, 0.6) is 0 Å². The van der Waals surface area contributed by atoms with Gasteiger partial charge in [-0.25, -0.2) is 0 Å². The first-order valence-electron chi connectivity index (χ1n) is 7.44. The molecule has 1 aromatic carbocycles. The molecule has 4 nitrogen and oxygen atoms in total. The molecule has 0 amide bonds. The standard InChI is InChI=1S/C16H21N3O/c1-11-10-13(17)8-9-14(11)16-18-15(19-20-16)12-6-4-2-3-5-7-12/h8-10,12H,2-7,17H2,1H3. The van der Waals surface area contributed by atoms with Crippen LogP contribution in [0.25, 0.3) is 11.5 Å². The molecule has 106 valence electrons. The van der Waals surface area contributed by atoms with Gasteiger partial charge in [0.1, 0.15) is 0 Å². The highest BCUT2D eigenvalue weighted by Crippen LogP contribution is 2.31. The van der Waals surface area contributed by atoms with Crippen LogP contribution in [-0.4, -0.2) is 10.1 Å². The number of anilines is 1. The van der Waals surface area contributed by atoms with Crippen LogP contribution >= 0.6 is 0 Å². The Balaban J connectivity index is 1.85. The van der Waals surface area contributed by atoms with Gasteiger partial charge < -0.3 is 10.3 Å². The van der Waals surface area contributed by atoms with Gasteiger partial charge in [-0.3, -0.25) is 0 Å². The van der Waals surface area contributed by atoms with Crippen LogP contribution in [0.1, 0.15) is 55.8 Å². The zero-order valence-corrected chi connectivity index (χ0v) is 11.9. The second kappa shape index (κ2) is 5.65. The van der Waals surface area contributed by atoms with Crippen LogP contribution in [-0.2, 0) is 0 Å². The second-order valence-corrected chi connectivity index (χ2v) is 5.72. The Hall–Kier alpha value is -1.84. The molecule has 0 bridgehead atoms. The predicted molar refractivity (Wildman–Crippen MR) is 79.3 cm³/mol. The van der Waals surface area contributed by atoms with E-state index in [4.69, 9.17) is 10.3 Å². The Morgan fingerprint density at radius 1 is 1.15 bits per heavy atom. The van der Waals surface area contributed by atoms with Crippen molar-refractivity contribution in [2.45, 2.75) is 51.4 Å². The van der Waals surface area contributed by atoms with Gasteiger partial charge >= 0.3 is 0 Å². The van der Waals surface area contributed by atoms with Crippen LogP contribution in [0.4, 0.5) is 5.69 Å². The van der Waals surface area contributed by atoms with Crippen LogP contribution in [0.3, 0.4) is 0 Å².